The van der Waals surface area contributed by atoms with Crippen molar-refractivity contribution in [2.75, 3.05) is 12.0 Å². The third kappa shape index (κ3) is 3.88. The number of halogens is 1. The van der Waals surface area contributed by atoms with E-state index in [1.165, 1.54) is 19.2 Å². The zero-order chi connectivity index (χ0) is 21.1. The Hall–Kier alpha value is -3.88. The Morgan fingerprint density at radius 2 is 1.86 bits per heavy atom. The predicted molar refractivity (Wildman–Crippen MR) is 102 cm³/mol. The number of hydrogen-bond acceptors (Lipinski definition) is 6. The molecular weight excluding hydrogens is 381 g/mol. The summed E-state index contributed by atoms with van der Waals surface area (Å²) < 4.78 is 17.8. The highest BCUT2D eigenvalue weighted by Gasteiger charge is 2.40. The summed E-state index contributed by atoms with van der Waals surface area (Å²) in [4.78, 5) is 53.7. The number of methoxy groups -OCH3 is 1. The van der Waals surface area contributed by atoms with Gasteiger partial charge >= 0.3 is 12.0 Å². The number of rotatable bonds is 4. The number of ether oxygens (including phenoxy) is 1. The molecule has 1 saturated heterocycles. The van der Waals surface area contributed by atoms with E-state index >= 15 is 0 Å². The number of imide groups is 2. The largest absolute Gasteiger partial charge is 0.465 e. The molecular formula is C20H16FN3O5. The number of benzene rings is 2. The summed E-state index contributed by atoms with van der Waals surface area (Å²) in [6.45, 7) is 1.65. The van der Waals surface area contributed by atoms with Crippen LogP contribution in [0.5, 0.6) is 0 Å². The summed E-state index contributed by atoms with van der Waals surface area (Å²) in [6, 6.07) is 8.51. The molecule has 0 unspecified atom stereocenters. The number of carbonyl (C=O) groups is 4. The monoisotopic (exact) mass is 397 g/mol. The first-order valence-corrected chi connectivity index (χ1v) is 8.50. The molecule has 0 aliphatic carbocycles. The molecule has 1 N–H and O–H groups in total. The first-order valence-electron chi connectivity index (χ1n) is 8.50. The fourth-order valence-electron chi connectivity index (χ4n) is 2.81. The van der Waals surface area contributed by atoms with Gasteiger partial charge in [0.1, 0.15) is 5.82 Å². The van der Waals surface area contributed by atoms with Crippen LogP contribution in [0.25, 0.3) is 0 Å². The SMILES string of the molecule is COC(=O)c1cccc(N=C[C@H]2C(=O)NC(=O)N(c3ccc(F)cc3)C2=O)c1C. The third-order valence-corrected chi connectivity index (χ3v) is 4.36. The van der Waals surface area contributed by atoms with Crippen LogP contribution in [0.1, 0.15) is 15.9 Å². The standard InChI is InChI=1S/C20H16FN3O5/c1-11-14(19(27)29-2)4-3-5-16(11)22-10-15-17(25)23-20(28)24(18(15)26)13-8-6-12(21)7-9-13/h3-10,15H,1-2H3,(H,23,25,28)/t15-/m0/s1. The number of urea groups is 1. The lowest BCUT2D eigenvalue weighted by atomic mass is 10.0. The molecule has 9 heteroatoms. The number of anilines is 1. The van der Waals surface area contributed by atoms with Crippen LogP contribution in [-0.4, -0.2) is 37.1 Å². The molecule has 0 aromatic heterocycles. The van der Waals surface area contributed by atoms with Crippen LogP contribution in [0.4, 0.5) is 20.6 Å². The average Bonchev–Trinajstić information content (AvgIpc) is 2.69. The van der Waals surface area contributed by atoms with E-state index in [0.717, 1.165) is 23.2 Å². The zero-order valence-electron chi connectivity index (χ0n) is 15.5. The quantitative estimate of drug-likeness (QED) is 0.485. The van der Waals surface area contributed by atoms with Crippen LogP contribution in [0.2, 0.25) is 0 Å². The average molecular weight is 397 g/mol. The minimum atomic E-state index is -1.38. The van der Waals surface area contributed by atoms with E-state index in [0.29, 0.717) is 16.8 Å². The Balaban J connectivity index is 1.91. The minimum Gasteiger partial charge on any atom is -0.465 e. The van der Waals surface area contributed by atoms with Crippen molar-refractivity contribution in [3.8, 4) is 0 Å². The molecule has 0 bridgehead atoms. The van der Waals surface area contributed by atoms with Crippen molar-refractivity contribution in [2.24, 2.45) is 10.9 Å². The maximum atomic E-state index is 13.1. The Kier molecular flexibility index (Phi) is 5.49. The van der Waals surface area contributed by atoms with Gasteiger partial charge in [0, 0.05) is 6.21 Å². The van der Waals surface area contributed by atoms with Gasteiger partial charge in [-0.05, 0) is 48.9 Å². The first kappa shape index (κ1) is 19.9. The van der Waals surface area contributed by atoms with E-state index in [-0.39, 0.29) is 5.69 Å². The fourth-order valence-corrected chi connectivity index (χ4v) is 2.81. The lowest BCUT2D eigenvalue weighted by Gasteiger charge is -2.28. The molecule has 2 aromatic rings. The van der Waals surface area contributed by atoms with Crippen molar-refractivity contribution in [3.63, 3.8) is 0 Å². The van der Waals surface area contributed by atoms with Gasteiger partial charge in [0.15, 0.2) is 5.92 Å². The van der Waals surface area contributed by atoms with Gasteiger partial charge < -0.3 is 4.74 Å². The van der Waals surface area contributed by atoms with Crippen molar-refractivity contribution >= 4 is 41.4 Å². The minimum absolute atomic E-state index is 0.115. The van der Waals surface area contributed by atoms with Crippen molar-refractivity contribution in [1.82, 2.24) is 5.32 Å². The number of hydrogen-bond donors (Lipinski definition) is 1. The molecule has 2 aromatic carbocycles. The fraction of sp³-hybridized carbons (Fsp3) is 0.150. The Morgan fingerprint density at radius 1 is 1.17 bits per heavy atom. The summed E-state index contributed by atoms with van der Waals surface area (Å²) in [7, 11) is 1.25. The van der Waals surface area contributed by atoms with E-state index in [1.54, 1.807) is 25.1 Å². The molecule has 0 radical (unpaired) electrons. The molecule has 4 amide bonds. The molecule has 1 fully saturated rings. The first-order chi connectivity index (χ1) is 13.8. The van der Waals surface area contributed by atoms with Gasteiger partial charge in [0.25, 0.3) is 5.91 Å². The summed E-state index contributed by atoms with van der Waals surface area (Å²) in [5, 5.41) is 2.08. The number of esters is 1. The highest BCUT2D eigenvalue weighted by atomic mass is 19.1. The normalized spacial score (nSPS) is 16.9. The van der Waals surface area contributed by atoms with E-state index in [9.17, 15) is 23.6 Å². The highest BCUT2D eigenvalue weighted by molar-refractivity contribution is 6.32. The van der Waals surface area contributed by atoms with Gasteiger partial charge in [-0.15, -0.1) is 0 Å². The van der Waals surface area contributed by atoms with Crippen LogP contribution in [0.3, 0.4) is 0 Å². The van der Waals surface area contributed by atoms with E-state index in [4.69, 9.17) is 4.74 Å². The van der Waals surface area contributed by atoms with E-state index < -0.39 is 35.5 Å². The number of nitrogens with one attached hydrogen (secondary N) is 1. The maximum absolute atomic E-state index is 13.1. The van der Waals surface area contributed by atoms with Crippen LogP contribution >= 0.6 is 0 Å². The topological polar surface area (TPSA) is 105 Å². The second-order valence-electron chi connectivity index (χ2n) is 6.14. The molecule has 29 heavy (non-hydrogen) atoms. The Bertz CT molecular complexity index is 1030. The van der Waals surface area contributed by atoms with Crippen LogP contribution in [0.15, 0.2) is 47.5 Å². The number of nitrogens with zero attached hydrogens (tertiary/aromatic N) is 2. The molecule has 3 rings (SSSR count). The molecule has 0 saturated carbocycles. The number of carbonyl (C=O) groups excluding carboxylic acids is 4. The molecule has 0 spiro atoms. The molecule has 8 nitrogen and oxygen atoms in total. The molecule has 1 atom stereocenters. The summed E-state index contributed by atoms with van der Waals surface area (Å²) in [6.07, 6.45) is 1.10. The van der Waals surface area contributed by atoms with Gasteiger partial charge in [-0.25, -0.2) is 18.9 Å². The summed E-state index contributed by atoms with van der Waals surface area (Å²) >= 11 is 0. The highest BCUT2D eigenvalue weighted by Crippen LogP contribution is 2.24. The van der Waals surface area contributed by atoms with E-state index in [2.05, 4.69) is 10.3 Å². The second kappa shape index (κ2) is 8.01. The van der Waals surface area contributed by atoms with Crippen LogP contribution in [-0.2, 0) is 14.3 Å². The van der Waals surface area contributed by atoms with Crippen molar-refractivity contribution in [3.05, 3.63) is 59.4 Å². The maximum Gasteiger partial charge on any atom is 0.338 e. The van der Waals surface area contributed by atoms with E-state index in [1.807, 2.05) is 0 Å². The van der Waals surface area contributed by atoms with Gasteiger partial charge in [-0.1, -0.05) is 6.07 Å². The van der Waals surface area contributed by atoms with Crippen molar-refractivity contribution < 1.29 is 28.3 Å². The summed E-state index contributed by atoms with van der Waals surface area (Å²) in [5.41, 5.74) is 1.28. The van der Waals surface area contributed by atoms with Gasteiger partial charge in [0.2, 0.25) is 5.91 Å². The van der Waals surface area contributed by atoms with Crippen LogP contribution in [0, 0.1) is 18.7 Å². The molecule has 148 valence electrons. The predicted octanol–water partition coefficient (Wildman–Crippen LogP) is 2.52. The molecule has 1 aliphatic rings. The lowest BCUT2D eigenvalue weighted by Crippen LogP contribution is -2.58. The second-order valence-corrected chi connectivity index (χ2v) is 6.14. The Labute approximate surface area is 165 Å². The molecule has 1 heterocycles. The third-order valence-electron chi connectivity index (χ3n) is 4.36. The van der Waals surface area contributed by atoms with Gasteiger partial charge in [-0.3, -0.25) is 19.9 Å². The smallest absolute Gasteiger partial charge is 0.338 e. The number of aliphatic imine (C=N–C) groups is 1. The molecule has 1 aliphatic heterocycles. The van der Waals surface area contributed by atoms with Gasteiger partial charge in [-0.2, -0.15) is 0 Å². The van der Waals surface area contributed by atoms with Crippen molar-refractivity contribution in [1.29, 1.82) is 0 Å². The van der Waals surface area contributed by atoms with Crippen LogP contribution < -0.4 is 10.2 Å². The van der Waals surface area contributed by atoms with Gasteiger partial charge in [0.05, 0.1) is 24.0 Å². The lowest BCUT2D eigenvalue weighted by molar-refractivity contribution is -0.131. The van der Waals surface area contributed by atoms with Crippen molar-refractivity contribution in [2.45, 2.75) is 6.92 Å². The Morgan fingerprint density at radius 3 is 2.52 bits per heavy atom. The summed E-state index contributed by atoms with van der Waals surface area (Å²) in [5.74, 6) is -4.11. The number of amides is 4. The zero-order valence-corrected chi connectivity index (χ0v) is 15.5. The number of barbiturate groups is 1.